The van der Waals surface area contributed by atoms with Crippen LogP contribution in [0.3, 0.4) is 0 Å². The third-order valence-corrected chi connectivity index (χ3v) is 2.91. The van der Waals surface area contributed by atoms with Crippen molar-refractivity contribution in [1.82, 2.24) is 0 Å². The lowest BCUT2D eigenvalue weighted by Gasteiger charge is -2.17. The average molecular weight is 192 g/mol. The Hall–Kier alpha value is 0.270. The maximum absolute atomic E-state index is 9.60. The van der Waals surface area contributed by atoms with E-state index < -0.39 is 0 Å². The molecule has 0 heterocycles. The van der Waals surface area contributed by atoms with Gasteiger partial charge in [0.15, 0.2) is 0 Å². The van der Waals surface area contributed by atoms with E-state index in [1.165, 1.54) is 0 Å². The van der Waals surface area contributed by atoms with Gasteiger partial charge in [-0.3, -0.25) is 0 Å². The largest absolute Gasteiger partial charge is 0.392 e. The third kappa shape index (κ3) is 5.86. The molecule has 74 valence electrons. The van der Waals surface area contributed by atoms with Crippen molar-refractivity contribution in [1.29, 1.82) is 0 Å². The Labute approximate surface area is 79.7 Å². The summed E-state index contributed by atoms with van der Waals surface area (Å²) < 4.78 is 4.95. The van der Waals surface area contributed by atoms with Gasteiger partial charge in [-0.25, -0.2) is 0 Å². The number of thioether (sulfide) groups is 1. The molecule has 0 radical (unpaired) electrons. The van der Waals surface area contributed by atoms with Crippen molar-refractivity contribution in [3.05, 3.63) is 0 Å². The lowest BCUT2D eigenvalue weighted by atomic mass is 10.0. The predicted octanol–water partition coefficient (Wildman–Crippen LogP) is 1.77. The Morgan fingerprint density at radius 3 is 2.67 bits per heavy atom. The maximum atomic E-state index is 9.60. The molecule has 0 amide bonds. The summed E-state index contributed by atoms with van der Waals surface area (Å²) in [5.41, 5.74) is 0. The van der Waals surface area contributed by atoms with Gasteiger partial charge in [0.05, 0.1) is 6.10 Å². The van der Waals surface area contributed by atoms with Crippen molar-refractivity contribution in [3.8, 4) is 0 Å². The first-order chi connectivity index (χ1) is 5.72. The Morgan fingerprint density at radius 2 is 2.17 bits per heavy atom. The van der Waals surface area contributed by atoms with Gasteiger partial charge in [-0.2, -0.15) is 11.8 Å². The van der Waals surface area contributed by atoms with Gasteiger partial charge >= 0.3 is 0 Å². The fourth-order valence-electron chi connectivity index (χ4n) is 0.899. The van der Waals surface area contributed by atoms with Gasteiger partial charge in [-0.15, -0.1) is 0 Å². The monoisotopic (exact) mass is 192 g/mol. The first-order valence-corrected chi connectivity index (χ1v) is 5.62. The van der Waals surface area contributed by atoms with E-state index in [0.29, 0.717) is 5.92 Å². The molecule has 1 N–H and O–H groups in total. The summed E-state index contributed by atoms with van der Waals surface area (Å²) in [4.78, 5) is 0. The molecule has 3 heteroatoms. The Morgan fingerprint density at radius 1 is 1.50 bits per heavy atom. The number of aliphatic hydroxyl groups excluding tert-OH is 1. The number of hydrogen-bond donors (Lipinski definition) is 1. The molecule has 0 rings (SSSR count). The summed E-state index contributed by atoms with van der Waals surface area (Å²) in [6.45, 7) is 4.92. The molecule has 2 unspecified atom stereocenters. The van der Waals surface area contributed by atoms with Gasteiger partial charge in [0.1, 0.15) is 0 Å². The van der Waals surface area contributed by atoms with Crippen LogP contribution in [0.25, 0.3) is 0 Å². The smallest absolute Gasteiger partial charge is 0.0656 e. The van der Waals surface area contributed by atoms with E-state index in [-0.39, 0.29) is 6.10 Å². The first-order valence-electron chi connectivity index (χ1n) is 4.47. The van der Waals surface area contributed by atoms with E-state index in [1.807, 2.05) is 0 Å². The van der Waals surface area contributed by atoms with E-state index in [1.54, 1.807) is 18.9 Å². The molecule has 0 aromatic rings. The van der Waals surface area contributed by atoms with E-state index in [0.717, 1.165) is 24.5 Å². The Balaban J connectivity index is 3.39. The summed E-state index contributed by atoms with van der Waals surface area (Å²) in [7, 11) is 1.69. The second-order valence-electron chi connectivity index (χ2n) is 2.99. The molecule has 2 atom stereocenters. The standard InChI is InChI=1S/C9H20O2S/c1-4-12-7-9(10)8(2)5-6-11-3/h8-10H,4-7H2,1-3H3. The van der Waals surface area contributed by atoms with Gasteiger partial charge in [0, 0.05) is 19.5 Å². The number of rotatable bonds is 7. The minimum Gasteiger partial charge on any atom is -0.392 e. The first kappa shape index (κ1) is 12.3. The molecule has 12 heavy (non-hydrogen) atoms. The summed E-state index contributed by atoms with van der Waals surface area (Å²) in [5.74, 6) is 2.28. The summed E-state index contributed by atoms with van der Waals surface area (Å²) in [6.07, 6.45) is 0.771. The van der Waals surface area contributed by atoms with Crippen LogP contribution in [0.5, 0.6) is 0 Å². The lowest BCUT2D eigenvalue weighted by Crippen LogP contribution is -2.21. The third-order valence-electron chi connectivity index (χ3n) is 1.93. The van der Waals surface area contributed by atoms with Crippen LogP contribution in [0.4, 0.5) is 0 Å². The second-order valence-corrected chi connectivity index (χ2v) is 4.30. The SMILES string of the molecule is CCSCC(O)C(C)CCOC. The number of ether oxygens (including phenoxy) is 1. The van der Waals surface area contributed by atoms with Crippen molar-refractivity contribution in [2.24, 2.45) is 5.92 Å². The normalized spacial score (nSPS) is 16.0. The molecule has 0 aliphatic rings. The molecule has 0 saturated heterocycles. The van der Waals surface area contributed by atoms with Crippen LogP contribution in [0.2, 0.25) is 0 Å². The van der Waals surface area contributed by atoms with Gasteiger partial charge in [-0.1, -0.05) is 13.8 Å². The van der Waals surface area contributed by atoms with E-state index in [4.69, 9.17) is 4.74 Å². The topological polar surface area (TPSA) is 29.5 Å². The van der Waals surface area contributed by atoms with Crippen LogP contribution < -0.4 is 0 Å². The molecular weight excluding hydrogens is 172 g/mol. The predicted molar refractivity (Wildman–Crippen MR) is 54.7 cm³/mol. The highest BCUT2D eigenvalue weighted by Gasteiger charge is 2.12. The van der Waals surface area contributed by atoms with Crippen LogP contribution in [0, 0.1) is 5.92 Å². The summed E-state index contributed by atoms with van der Waals surface area (Å²) >= 11 is 1.79. The van der Waals surface area contributed by atoms with E-state index >= 15 is 0 Å². The van der Waals surface area contributed by atoms with E-state index in [2.05, 4.69) is 13.8 Å². The molecule has 0 spiro atoms. The zero-order chi connectivity index (χ0) is 9.40. The molecular formula is C9H20O2S. The van der Waals surface area contributed by atoms with Crippen LogP contribution in [0.15, 0.2) is 0 Å². The highest BCUT2D eigenvalue weighted by atomic mass is 32.2. The van der Waals surface area contributed by atoms with Crippen molar-refractivity contribution < 1.29 is 9.84 Å². The van der Waals surface area contributed by atoms with Crippen molar-refractivity contribution in [2.75, 3.05) is 25.2 Å². The van der Waals surface area contributed by atoms with Gasteiger partial charge in [0.25, 0.3) is 0 Å². The van der Waals surface area contributed by atoms with Crippen LogP contribution in [0.1, 0.15) is 20.3 Å². The molecule has 0 aliphatic heterocycles. The Kier molecular flexibility index (Phi) is 8.07. The quantitative estimate of drug-likeness (QED) is 0.666. The van der Waals surface area contributed by atoms with Crippen molar-refractivity contribution in [2.45, 2.75) is 26.4 Å². The molecule has 2 nitrogen and oxygen atoms in total. The van der Waals surface area contributed by atoms with Crippen LogP contribution in [-0.2, 0) is 4.74 Å². The molecule has 0 bridgehead atoms. The molecule has 0 fully saturated rings. The molecule has 0 aromatic carbocycles. The summed E-state index contributed by atoms with van der Waals surface area (Å²) in [5, 5.41) is 9.60. The lowest BCUT2D eigenvalue weighted by molar-refractivity contribution is 0.105. The minimum absolute atomic E-state index is 0.176. The van der Waals surface area contributed by atoms with Gasteiger partial charge < -0.3 is 9.84 Å². The zero-order valence-electron chi connectivity index (χ0n) is 8.25. The van der Waals surface area contributed by atoms with E-state index in [9.17, 15) is 5.11 Å². The average Bonchev–Trinajstić information content (AvgIpc) is 2.10. The zero-order valence-corrected chi connectivity index (χ0v) is 9.06. The molecule has 0 saturated carbocycles. The second kappa shape index (κ2) is 7.90. The fraction of sp³-hybridized carbons (Fsp3) is 1.00. The fourth-order valence-corrected chi connectivity index (χ4v) is 1.70. The number of hydrogen-bond acceptors (Lipinski definition) is 3. The van der Waals surface area contributed by atoms with Crippen LogP contribution >= 0.6 is 11.8 Å². The summed E-state index contributed by atoms with van der Waals surface area (Å²) in [6, 6.07) is 0. The van der Waals surface area contributed by atoms with Gasteiger partial charge in [0.2, 0.25) is 0 Å². The highest BCUT2D eigenvalue weighted by molar-refractivity contribution is 7.99. The highest BCUT2D eigenvalue weighted by Crippen LogP contribution is 2.13. The number of aliphatic hydroxyl groups is 1. The molecule has 0 aromatic heterocycles. The minimum atomic E-state index is -0.176. The van der Waals surface area contributed by atoms with Gasteiger partial charge in [-0.05, 0) is 18.1 Å². The van der Waals surface area contributed by atoms with Crippen LogP contribution in [-0.4, -0.2) is 36.4 Å². The molecule has 0 aliphatic carbocycles. The van der Waals surface area contributed by atoms with Crippen molar-refractivity contribution in [3.63, 3.8) is 0 Å². The van der Waals surface area contributed by atoms with Crippen molar-refractivity contribution >= 4 is 11.8 Å². The Bertz CT molecular complexity index is 86.5. The number of methoxy groups -OCH3 is 1. The maximum Gasteiger partial charge on any atom is 0.0656 e.